The van der Waals surface area contributed by atoms with Crippen molar-refractivity contribution in [3.05, 3.63) is 46.8 Å². The fourth-order valence-corrected chi connectivity index (χ4v) is 3.56. The lowest BCUT2D eigenvalue weighted by atomic mass is 10.0. The maximum Gasteiger partial charge on any atom is 0.416 e. The normalized spacial score (nSPS) is 12.3. The zero-order chi connectivity index (χ0) is 25.6. The van der Waals surface area contributed by atoms with Crippen LogP contribution in [0.1, 0.15) is 74.8 Å². The first-order valence-corrected chi connectivity index (χ1v) is 10.8. The van der Waals surface area contributed by atoms with E-state index in [1.54, 1.807) is 17.7 Å². The number of carbonyl (C=O) groups is 2. The number of benzene rings is 1. The van der Waals surface area contributed by atoms with Gasteiger partial charge in [0.25, 0.3) is 5.91 Å². The lowest BCUT2D eigenvalue weighted by molar-refractivity contribution is -0.137. The molecule has 7 nitrogen and oxygen atoms in total. The van der Waals surface area contributed by atoms with Crippen LogP contribution in [0.3, 0.4) is 0 Å². The van der Waals surface area contributed by atoms with E-state index in [-0.39, 0.29) is 22.9 Å². The first-order valence-electron chi connectivity index (χ1n) is 10.8. The number of hydrogen-bond acceptors (Lipinski definition) is 4. The maximum absolute atomic E-state index is 13.4. The molecule has 0 saturated carbocycles. The predicted molar refractivity (Wildman–Crippen MR) is 125 cm³/mol. The average molecular weight is 476 g/mol. The third kappa shape index (κ3) is 5.05. The van der Waals surface area contributed by atoms with Crippen LogP contribution in [0.2, 0.25) is 0 Å². The van der Waals surface area contributed by atoms with Crippen molar-refractivity contribution in [3.63, 3.8) is 0 Å². The molecule has 2 amide bonds. The second-order valence-corrected chi connectivity index (χ2v) is 9.51. The Labute approximate surface area is 195 Å². The Bertz CT molecular complexity index is 1270. The lowest BCUT2D eigenvalue weighted by Gasteiger charge is -2.20. The van der Waals surface area contributed by atoms with E-state index in [1.165, 1.54) is 6.92 Å². The Kier molecular flexibility index (Phi) is 6.47. The van der Waals surface area contributed by atoms with Gasteiger partial charge in [-0.15, -0.1) is 0 Å². The van der Waals surface area contributed by atoms with Crippen LogP contribution in [0.4, 0.5) is 24.5 Å². The quantitative estimate of drug-likeness (QED) is 0.496. The fraction of sp³-hybridized carbons (Fsp3) is 0.417. The monoisotopic (exact) mass is 475 g/mol. The van der Waals surface area contributed by atoms with E-state index in [4.69, 9.17) is 4.98 Å². The van der Waals surface area contributed by atoms with Crippen LogP contribution < -0.4 is 10.6 Å². The van der Waals surface area contributed by atoms with Gasteiger partial charge in [0, 0.05) is 12.6 Å². The van der Waals surface area contributed by atoms with Gasteiger partial charge in [-0.3, -0.25) is 9.59 Å². The summed E-state index contributed by atoms with van der Waals surface area (Å²) in [7, 11) is 0. The molecular weight excluding hydrogens is 447 g/mol. The summed E-state index contributed by atoms with van der Waals surface area (Å²) >= 11 is 0. The van der Waals surface area contributed by atoms with E-state index in [0.717, 1.165) is 18.2 Å². The molecule has 182 valence electrons. The molecule has 0 aliphatic heterocycles. The number of halogens is 3. The number of amides is 2. The molecule has 0 saturated heterocycles. The van der Waals surface area contributed by atoms with Crippen molar-refractivity contribution in [2.75, 3.05) is 10.6 Å². The number of alkyl halides is 3. The number of nitrogens with zero attached hydrogens (tertiary/aromatic N) is 3. The van der Waals surface area contributed by atoms with Crippen molar-refractivity contribution in [1.29, 1.82) is 0 Å². The Balaban J connectivity index is 2.19. The number of hydrogen-bond donors (Lipinski definition) is 2. The van der Waals surface area contributed by atoms with Gasteiger partial charge < -0.3 is 10.6 Å². The van der Waals surface area contributed by atoms with Gasteiger partial charge in [0.1, 0.15) is 0 Å². The van der Waals surface area contributed by atoms with E-state index < -0.39 is 29.1 Å². The molecule has 3 aromatic rings. The SMILES string of the molecule is CC(=O)Nc1ccc(C(F)(F)F)cc1NC(=O)c1cc(C(C)C)nc2c1c(C)nn2C(C)(C)C. The van der Waals surface area contributed by atoms with Gasteiger partial charge in [-0.1, -0.05) is 13.8 Å². The minimum Gasteiger partial charge on any atom is -0.325 e. The van der Waals surface area contributed by atoms with Crippen molar-refractivity contribution >= 4 is 34.2 Å². The van der Waals surface area contributed by atoms with Crippen LogP contribution in [0.5, 0.6) is 0 Å². The van der Waals surface area contributed by atoms with Gasteiger partial charge in [-0.05, 0) is 57.9 Å². The van der Waals surface area contributed by atoms with Crippen molar-refractivity contribution in [1.82, 2.24) is 14.8 Å². The van der Waals surface area contributed by atoms with Crippen LogP contribution in [-0.4, -0.2) is 26.6 Å². The zero-order valence-corrected chi connectivity index (χ0v) is 20.2. The van der Waals surface area contributed by atoms with Gasteiger partial charge in [0.2, 0.25) is 5.91 Å². The second kappa shape index (κ2) is 8.73. The van der Waals surface area contributed by atoms with E-state index in [2.05, 4.69) is 15.7 Å². The van der Waals surface area contributed by atoms with Crippen molar-refractivity contribution in [2.24, 2.45) is 0 Å². The highest BCUT2D eigenvalue weighted by Crippen LogP contribution is 2.35. The molecule has 2 N–H and O–H groups in total. The second-order valence-electron chi connectivity index (χ2n) is 9.51. The molecule has 1 aromatic carbocycles. The molecule has 0 radical (unpaired) electrons. The van der Waals surface area contributed by atoms with Gasteiger partial charge >= 0.3 is 6.18 Å². The number of fused-ring (bicyclic) bond motifs is 1. The third-order valence-electron chi connectivity index (χ3n) is 5.21. The summed E-state index contributed by atoms with van der Waals surface area (Å²) < 4.78 is 41.7. The van der Waals surface area contributed by atoms with E-state index in [1.807, 2.05) is 34.6 Å². The van der Waals surface area contributed by atoms with E-state index in [9.17, 15) is 22.8 Å². The van der Waals surface area contributed by atoms with Crippen molar-refractivity contribution in [2.45, 2.75) is 66.1 Å². The molecular formula is C24H28F3N5O2. The summed E-state index contributed by atoms with van der Waals surface area (Å²) in [5.41, 5.74) is 0.523. The van der Waals surface area contributed by atoms with Crippen LogP contribution in [-0.2, 0) is 16.5 Å². The number of aryl methyl sites for hydroxylation is 1. The number of carbonyl (C=O) groups excluding carboxylic acids is 2. The fourth-order valence-electron chi connectivity index (χ4n) is 3.56. The summed E-state index contributed by atoms with van der Waals surface area (Å²) in [6.45, 7) is 12.7. The molecule has 2 aromatic heterocycles. The number of rotatable bonds is 4. The average Bonchev–Trinajstić information content (AvgIpc) is 3.04. The summed E-state index contributed by atoms with van der Waals surface area (Å²) in [4.78, 5) is 29.7. The minimum atomic E-state index is -4.62. The van der Waals surface area contributed by atoms with Crippen LogP contribution in [0.25, 0.3) is 11.0 Å². The number of anilines is 2. The summed E-state index contributed by atoms with van der Waals surface area (Å²) in [5, 5.41) is 10.1. The van der Waals surface area contributed by atoms with Crippen LogP contribution in [0, 0.1) is 6.92 Å². The number of pyridine rings is 1. The van der Waals surface area contributed by atoms with E-state index >= 15 is 0 Å². The molecule has 0 spiro atoms. The third-order valence-corrected chi connectivity index (χ3v) is 5.21. The highest BCUT2D eigenvalue weighted by molar-refractivity contribution is 6.14. The molecule has 34 heavy (non-hydrogen) atoms. The highest BCUT2D eigenvalue weighted by atomic mass is 19.4. The first-order chi connectivity index (χ1) is 15.6. The number of aromatic nitrogens is 3. The summed E-state index contributed by atoms with van der Waals surface area (Å²) in [5.74, 6) is -1.12. The molecule has 2 heterocycles. The smallest absolute Gasteiger partial charge is 0.325 e. The maximum atomic E-state index is 13.4. The molecule has 3 rings (SSSR count). The molecule has 0 fully saturated rings. The predicted octanol–water partition coefficient (Wildman–Crippen LogP) is 5.85. The standard InChI is InChI=1S/C24H28F3N5O2/c1-12(2)18-11-16(20-13(3)31-32(21(20)29-18)23(5,6)7)22(34)30-19-10-15(24(25,26)27)8-9-17(19)28-14(4)33/h8-12H,1-7H3,(H,28,33)(H,30,34). The van der Waals surface area contributed by atoms with Gasteiger partial charge in [-0.2, -0.15) is 18.3 Å². The molecule has 0 aliphatic carbocycles. The van der Waals surface area contributed by atoms with Gasteiger partial charge in [0.15, 0.2) is 5.65 Å². The Morgan fingerprint density at radius 3 is 2.21 bits per heavy atom. The van der Waals surface area contributed by atoms with Crippen molar-refractivity contribution < 1.29 is 22.8 Å². The first kappa shape index (κ1) is 25.2. The zero-order valence-electron chi connectivity index (χ0n) is 20.2. The Hall–Kier alpha value is -3.43. The number of nitrogens with one attached hydrogen (secondary N) is 2. The molecule has 0 aliphatic rings. The topological polar surface area (TPSA) is 88.9 Å². The van der Waals surface area contributed by atoms with Crippen LogP contribution in [0.15, 0.2) is 24.3 Å². The molecule has 0 bridgehead atoms. The largest absolute Gasteiger partial charge is 0.416 e. The van der Waals surface area contributed by atoms with E-state index in [0.29, 0.717) is 22.4 Å². The van der Waals surface area contributed by atoms with Crippen LogP contribution >= 0.6 is 0 Å². The van der Waals surface area contributed by atoms with Gasteiger partial charge in [0.05, 0.1) is 39.1 Å². The summed E-state index contributed by atoms with van der Waals surface area (Å²) in [6.07, 6.45) is -4.62. The molecule has 10 heteroatoms. The Morgan fingerprint density at radius 1 is 1.03 bits per heavy atom. The molecule has 0 unspecified atom stereocenters. The highest BCUT2D eigenvalue weighted by Gasteiger charge is 2.32. The minimum absolute atomic E-state index is 0.0110. The van der Waals surface area contributed by atoms with Crippen molar-refractivity contribution in [3.8, 4) is 0 Å². The summed E-state index contributed by atoms with van der Waals surface area (Å²) in [6, 6.07) is 4.40. The lowest BCUT2D eigenvalue weighted by Crippen LogP contribution is -2.24. The van der Waals surface area contributed by atoms with Gasteiger partial charge in [-0.25, -0.2) is 9.67 Å². The molecule has 0 atom stereocenters. The Morgan fingerprint density at radius 2 is 1.68 bits per heavy atom.